The van der Waals surface area contributed by atoms with Gasteiger partial charge in [0.15, 0.2) is 0 Å². The zero-order valence-corrected chi connectivity index (χ0v) is 11.9. The summed E-state index contributed by atoms with van der Waals surface area (Å²) in [5.41, 5.74) is 7.05. The van der Waals surface area contributed by atoms with Crippen LogP contribution in [-0.2, 0) is 6.54 Å². The molecule has 2 rings (SSSR count). The van der Waals surface area contributed by atoms with Crippen LogP contribution in [0.2, 0.25) is 0 Å². The van der Waals surface area contributed by atoms with Gasteiger partial charge in [0.05, 0.1) is 0 Å². The van der Waals surface area contributed by atoms with E-state index in [0.717, 1.165) is 32.7 Å². The molecular formula is C15H24FN3. The van der Waals surface area contributed by atoms with Gasteiger partial charge in [0.2, 0.25) is 0 Å². The summed E-state index contributed by atoms with van der Waals surface area (Å²) in [5.74, 6) is 0.512. The molecule has 4 heteroatoms. The van der Waals surface area contributed by atoms with Gasteiger partial charge in [-0.25, -0.2) is 4.39 Å². The number of anilines is 1. The van der Waals surface area contributed by atoms with Crippen LogP contribution in [0.15, 0.2) is 18.2 Å². The van der Waals surface area contributed by atoms with E-state index >= 15 is 0 Å². The Bertz CT molecular complexity index is 392. The predicted molar refractivity (Wildman–Crippen MR) is 77.4 cm³/mol. The standard InChI is InChI=1S/C15H24FN3/c1-12(2)10-18-6-8-19(9-7-18)11-13-14(16)4-3-5-15(13)17/h3-5,12H,6-11,17H2,1-2H3. The van der Waals surface area contributed by atoms with E-state index in [1.165, 1.54) is 6.07 Å². The highest BCUT2D eigenvalue weighted by molar-refractivity contribution is 5.47. The Morgan fingerprint density at radius 2 is 1.79 bits per heavy atom. The second kappa shape index (κ2) is 6.35. The van der Waals surface area contributed by atoms with Crippen LogP contribution in [0, 0.1) is 11.7 Å². The van der Waals surface area contributed by atoms with E-state index in [2.05, 4.69) is 23.6 Å². The van der Waals surface area contributed by atoms with E-state index in [9.17, 15) is 4.39 Å². The summed E-state index contributed by atoms with van der Waals surface area (Å²) in [5, 5.41) is 0. The first-order valence-corrected chi connectivity index (χ1v) is 7.04. The molecule has 1 aromatic rings. The lowest BCUT2D eigenvalue weighted by Gasteiger charge is -2.35. The molecule has 2 N–H and O–H groups in total. The van der Waals surface area contributed by atoms with Crippen LogP contribution < -0.4 is 5.73 Å². The van der Waals surface area contributed by atoms with Gasteiger partial charge in [-0.3, -0.25) is 4.90 Å². The molecule has 1 aliphatic rings. The fraction of sp³-hybridized carbons (Fsp3) is 0.600. The van der Waals surface area contributed by atoms with Crippen LogP contribution >= 0.6 is 0 Å². The summed E-state index contributed by atoms with van der Waals surface area (Å²) >= 11 is 0. The third-order valence-corrected chi connectivity index (χ3v) is 3.63. The average molecular weight is 265 g/mol. The topological polar surface area (TPSA) is 32.5 Å². The van der Waals surface area contributed by atoms with Crippen LogP contribution in [-0.4, -0.2) is 42.5 Å². The number of nitrogen functional groups attached to an aromatic ring is 1. The molecule has 19 heavy (non-hydrogen) atoms. The van der Waals surface area contributed by atoms with Crippen molar-refractivity contribution in [2.24, 2.45) is 5.92 Å². The van der Waals surface area contributed by atoms with E-state index in [0.29, 0.717) is 23.7 Å². The molecule has 0 amide bonds. The summed E-state index contributed by atoms with van der Waals surface area (Å²) in [6.45, 7) is 10.3. The van der Waals surface area contributed by atoms with Crippen LogP contribution in [0.1, 0.15) is 19.4 Å². The minimum Gasteiger partial charge on any atom is -0.398 e. The smallest absolute Gasteiger partial charge is 0.129 e. The predicted octanol–water partition coefficient (Wildman–Crippen LogP) is 2.18. The largest absolute Gasteiger partial charge is 0.398 e. The molecule has 106 valence electrons. The number of halogens is 1. The minimum atomic E-state index is -0.190. The van der Waals surface area contributed by atoms with Crippen LogP contribution in [0.3, 0.4) is 0 Å². The van der Waals surface area contributed by atoms with Crippen molar-refractivity contribution in [2.45, 2.75) is 20.4 Å². The fourth-order valence-electron chi connectivity index (χ4n) is 2.61. The molecule has 0 unspecified atom stereocenters. The van der Waals surface area contributed by atoms with Crippen LogP contribution in [0.4, 0.5) is 10.1 Å². The molecule has 1 heterocycles. The lowest BCUT2D eigenvalue weighted by atomic mass is 10.1. The Morgan fingerprint density at radius 1 is 1.16 bits per heavy atom. The zero-order valence-electron chi connectivity index (χ0n) is 11.9. The van der Waals surface area contributed by atoms with Gasteiger partial charge in [-0.2, -0.15) is 0 Å². The summed E-state index contributed by atoms with van der Waals surface area (Å²) in [6.07, 6.45) is 0. The average Bonchev–Trinajstić information content (AvgIpc) is 2.35. The van der Waals surface area contributed by atoms with Crippen molar-refractivity contribution < 1.29 is 4.39 Å². The maximum absolute atomic E-state index is 13.7. The number of piperazine rings is 1. The molecule has 0 saturated carbocycles. The summed E-state index contributed by atoms with van der Waals surface area (Å²) < 4.78 is 13.7. The molecule has 1 saturated heterocycles. The van der Waals surface area contributed by atoms with Gasteiger partial charge in [0, 0.05) is 50.5 Å². The van der Waals surface area contributed by atoms with Crippen molar-refractivity contribution in [3.8, 4) is 0 Å². The third-order valence-electron chi connectivity index (χ3n) is 3.63. The summed E-state index contributed by atoms with van der Waals surface area (Å²) in [7, 11) is 0. The van der Waals surface area contributed by atoms with Crippen LogP contribution in [0.25, 0.3) is 0 Å². The van der Waals surface area contributed by atoms with E-state index in [-0.39, 0.29) is 5.82 Å². The Hall–Kier alpha value is -1.13. The van der Waals surface area contributed by atoms with E-state index in [1.807, 2.05) is 0 Å². The summed E-state index contributed by atoms with van der Waals surface area (Å²) in [6, 6.07) is 4.92. The molecule has 0 aliphatic carbocycles. The van der Waals surface area contributed by atoms with E-state index in [1.54, 1.807) is 12.1 Å². The lowest BCUT2D eigenvalue weighted by Crippen LogP contribution is -2.47. The highest BCUT2D eigenvalue weighted by atomic mass is 19.1. The van der Waals surface area contributed by atoms with Crippen molar-refractivity contribution in [3.63, 3.8) is 0 Å². The summed E-state index contributed by atoms with van der Waals surface area (Å²) in [4.78, 5) is 4.76. The Balaban J connectivity index is 1.89. The minimum absolute atomic E-state index is 0.190. The lowest BCUT2D eigenvalue weighted by molar-refractivity contribution is 0.117. The second-order valence-electron chi connectivity index (χ2n) is 5.78. The molecule has 0 aromatic heterocycles. The van der Waals surface area contributed by atoms with Gasteiger partial charge in [-0.05, 0) is 18.1 Å². The first kappa shape index (κ1) is 14.3. The first-order valence-electron chi connectivity index (χ1n) is 7.04. The van der Waals surface area contributed by atoms with Crippen molar-refractivity contribution in [1.82, 2.24) is 9.80 Å². The molecule has 0 radical (unpaired) electrons. The molecule has 3 nitrogen and oxygen atoms in total. The Morgan fingerprint density at radius 3 is 2.37 bits per heavy atom. The van der Waals surface area contributed by atoms with Crippen molar-refractivity contribution in [2.75, 3.05) is 38.5 Å². The molecule has 1 aliphatic heterocycles. The zero-order chi connectivity index (χ0) is 13.8. The first-order chi connectivity index (χ1) is 9.06. The highest BCUT2D eigenvalue weighted by Gasteiger charge is 2.19. The van der Waals surface area contributed by atoms with Crippen molar-refractivity contribution in [3.05, 3.63) is 29.6 Å². The van der Waals surface area contributed by atoms with E-state index in [4.69, 9.17) is 5.73 Å². The van der Waals surface area contributed by atoms with E-state index < -0.39 is 0 Å². The normalized spacial score (nSPS) is 18.1. The van der Waals surface area contributed by atoms with Gasteiger partial charge >= 0.3 is 0 Å². The SMILES string of the molecule is CC(C)CN1CCN(Cc2c(N)cccc2F)CC1. The highest BCUT2D eigenvalue weighted by Crippen LogP contribution is 2.18. The molecule has 1 fully saturated rings. The molecule has 0 bridgehead atoms. The maximum atomic E-state index is 13.7. The molecule has 0 atom stereocenters. The van der Waals surface area contributed by atoms with Gasteiger partial charge in [-0.15, -0.1) is 0 Å². The van der Waals surface area contributed by atoms with Gasteiger partial charge in [-0.1, -0.05) is 19.9 Å². The molecule has 0 spiro atoms. The monoisotopic (exact) mass is 265 g/mol. The fourth-order valence-corrected chi connectivity index (χ4v) is 2.61. The van der Waals surface area contributed by atoms with Gasteiger partial charge in [0.1, 0.15) is 5.82 Å². The maximum Gasteiger partial charge on any atom is 0.129 e. The van der Waals surface area contributed by atoms with Gasteiger partial charge < -0.3 is 10.6 Å². The number of hydrogen-bond donors (Lipinski definition) is 1. The molecular weight excluding hydrogens is 241 g/mol. The number of nitrogens with two attached hydrogens (primary N) is 1. The molecule has 1 aromatic carbocycles. The number of benzene rings is 1. The van der Waals surface area contributed by atoms with Crippen molar-refractivity contribution in [1.29, 1.82) is 0 Å². The van der Waals surface area contributed by atoms with Crippen LogP contribution in [0.5, 0.6) is 0 Å². The number of nitrogens with zero attached hydrogens (tertiary/aromatic N) is 2. The Labute approximate surface area is 115 Å². The quantitative estimate of drug-likeness (QED) is 0.847. The second-order valence-corrected chi connectivity index (χ2v) is 5.78. The van der Waals surface area contributed by atoms with Crippen molar-refractivity contribution >= 4 is 5.69 Å². The van der Waals surface area contributed by atoms with Gasteiger partial charge in [0.25, 0.3) is 0 Å². The number of hydrogen-bond acceptors (Lipinski definition) is 3. The number of rotatable bonds is 4. The Kier molecular flexibility index (Phi) is 4.77. The third kappa shape index (κ3) is 3.91.